The van der Waals surface area contributed by atoms with Gasteiger partial charge >= 0.3 is 0 Å². The second kappa shape index (κ2) is 5.81. The van der Waals surface area contributed by atoms with Gasteiger partial charge in [-0.3, -0.25) is 0 Å². The Morgan fingerprint density at radius 1 is 1.33 bits per heavy atom. The Morgan fingerprint density at radius 3 is 2.67 bits per heavy atom. The monoisotopic (exact) mass is 331 g/mol. The van der Waals surface area contributed by atoms with E-state index in [0.29, 0.717) is 11.2 Å². The van der Waals surface area contributed by atoms with Gasteiger partial charge in [0.05, 0.1) is 24.6 Å². The molecule has 0 aromatic carbocycles. The first kappa shape index (κ1) is 15.2. The van der Waals surface area contributed by atoms with Crippen LogP contribution in [0, 0.1) is 4.77 Å². The molecule has 2 fully saturated rings. The summed E-state index contributed by atoms with van der Waals surface area (Å²) in [6, 6.07) is 0. The summed E-state index contributed by atoms with van der Waals surface area (Å²) in [4.78, 5) is 1.51. The first-order valence-electron chi connectivity index (χ1n) is 7.64. The molecular weight excluding hydrogens is 308 g/mol. The smallest absolute Gasteiger partial charge is 0.202 e. The number of nitrogens with one attached hydrogen (secondary N) is 1. The predicted octanol–water partition coefficient (Wildman–Crippen LogP) is -0.121. The maximum Gasteiger partial charge on any atom is 0.202 e. The normalized spacial score (nSPS) is 26.2. The van der Waals surface area contributed by atoms with Crippen molar-refractivity contribution in [1.82, 2.24) is 14.3 Å². The van der Waals surface area contributed by atoms with E-state index < -0.39 is 9.84 Å². The molecule has 118 valence electrons. The van der Waals surface area contributed by atoms with Gasteiger partial charge in [0, 0.05) is 13.0 Å². The second-order valence-corrected chi connectivity index (χ2v) is 8.86. The maximum atomic E-state index is 11.7. The lowest BCUT2D eigenvalue weighted by Gasteiger charge is -2.22. The van der Waals surface area contributed by atoms with Crippen LogP contribution in [0.2, 0.25) is 0 Å². The molecule has 21 heavy (non-hydrogen) atoms. The summed E-state index contributed by atoms with van der Waals surface area (Å²) in [6.45, 7) is 3.14. The minimum atomic E-state index is -2.89. The van der Waals surface area contributed by atoms with Gasteiger partial charge in [0.25, 0.3) is 0 Å². The molecule has 0 bridgehead atoms. The zero-order valence-electron chi connectivity index (χ0n) is 12.4. The SMILES string of the molecule is Cn1c([C@@H]2CCS(=O)(=O)C2)nn(C[NH+]2CCCCC2)c1=S. The summed E-state index contributed by atoms with van der Waals surface area (Å²) in [5.74, 6) is 1.31. The van der Waals surface area contributed by atoms with E-state index in [-0.39, 0.29) is 17.4 Å². The Bertz CT molecular complexity index is 671. The Kier molecular flexibility index (Phi) is 4.20. The Labute approximate surface area is 130 Å². The minimum absolute atomic E-state index is 0.000643. The third-order valence-electron chi connectivity index (χ3n) is 4.61. The number of sulfone groups is 1. The fourth-order valence-corrected chi connectivity index (χ4v) is 5.32. The summed E-state index contributed by atoms with van der Waals surface area (Å²) in [7, 11) is -0.993. The van der Waals surface area contributed by atoms with Crippen molar-refractivity contribution in [3.63, 3.8) is 0 Å². The molecule has 1 aromatic heterocycles. The van der Waals surface area contributed by atoms with Gasteiger partial charge in [-0.1, -0.05) is 0 Å². The van der Waals surface area contributed by atoms with Crippen molar-refractivity contribution < 1.29 is 13.3 Å². The van der Waals surface area contributed by atoms with Crippen LogP contribution in [-0.2, 0) is 23.6 Å². The third-order valence-corrected chi connectivity index (χ3v) is 6.86. The van der Waals surface area contributed by atoms with Crippen molar-refractivity contribution in [2.24, 2.45) is 7.05 Å². The minimum Gasteiger partial charge on any atom is -0.316 e. The van der Waals surface area contributed by atoms with E-state index in [0.717, 1.165) is 12.5 Å². The van der Waals surface area contributed by atoms with E-state index in [1.54, 1.807) is 0 Å². The lowest BCUT2D eigenvalue weighted by Crippen LogP contribution is -3.12. The number of quaternary nitrogens is 1. The third kappa shape index (κ3) is 3.22. The van der Waals surface area contributed by atoms with E-state index in [4.69, 9.17) is 12.2 Å². The first-order valence-corrected chi connectivity index (χ1v) is 9.87. The summed E-state index contributed by atoms with van der Waals surface area (Å²) in [5.41, 5.74) is 0. The van der Waals surface area contributed by atoms with Gasteiger partial charge in [-0.2, -0.15) is 9.78 Å². The van der Waals surface area contributed by atoms with Crippen LogP contribution in [0.4, 0.5) is 0 Å². The predicted molar refractivity (Wildman–Crippen MR) is 82.6 cm³/mol. The van der Waals surface area contributed by atoms with Gasteiger partial charge in [-0.15, -0.1) is 0 Å². The summed E-state index contributed by atoms with van der Waals surface area (Å²) in [5, 5.41) is 4.64. The summed E-state index contributed by atoms with van der Waals surface area (Å²) < 4.78 is 27.8. The van der Waals surface area contributed by atoms with Crippen LogP contribution in [0.5, 0.6) is 0 Å². The van der Waals surface area contributed by atoms with Gasteiger partial charge in [0.15, 0.2) is 16.5 Å². The molecule has 0 spiro atoms. The molecule has 1 aromatic rings. The Morgan fingerprint density at radius 2 is 2.05 bits per heavy atom. The number of nitrogens with zero attached hydrogens (tertiary/aromatic N) is 3. The highest BCUT2D eigenvalue weighted by atomic mass is 32.2. The van der Waals surface area contributed by atoms with Gasteiger partial charge in [0.1, 0.15) is 5.82 Å². The molecule has 0 unspecified atom stereocenters. The lowest BCUT2D eigenvalue weighted by molar-refractivity contribution is -0.928. The number of hydrogen-bond donors (Lipinski definition) is 1. The van der Waals surface area contributed by atoms with Crippen LogP contribution < -0.4 is 4.90 Å². The highest BCUT2D eigenvalue weighted by Crippen LogP contribution is 2.27. The molecule has 1 N–H and O–H groups in total. The quantitative estimate of drug-likeness (QED) is 0.785. The average Bonchev–Trinajstić information content (AvgIpc) is 2.94. The van der Waals surface area contributed by atoms with E-state index in [1.807, 2.05) is 16.3 Å². The van der Waals surface area contributed by atoms with Crippen LogP contribution in [0.1, 0.15) is 37.4 Å². The molecule has 8 heteroatoms. The van der Waals surface area contributed by atoms with Gasteiger partial charge in [0.2, 0.25) is 4.77 Å². The molecule has 2 saturated heterocycles. The fraction of sp³-hybridized carbons (Fsp3) is 0.846. The lowest BCUT2D eigenvalue weighted by atomic mass is 10.1. The number of hydrogen-bond acceptors (Lipinski definition) is 4. The van der Waals surface area contributed by atoms with Crippen LogP contribution in [0.25, 0.3) is 0 Å². The van der Waals surface area contributed by atoms with E-state index in [2.05, 4.69) is 5.10 Å². The van der Waals surface area contributed by atoms with E-state index >= 15 is 0 Å². The van der Waals surface area contributed by atoms with E-state index in [1.165, 1.54) is 37.3 Å². The largest absolute Gasteiger partial charge is 0.316 e. The Hall–Kier alpha value is -0.730. The van der Waals surface area contributed by atoms with Gasteiger partial charge < -0.3 is 9.47 Å². The van der Waals surface area contributed by atoms with Crippen molar-refractivity contribution in [3.8, 4) is 0 Å². The Balaban J connectivity index is 1.80. The summed E-state index contributed by atoms with van der Waals surface area (Å²) >= 11 is 5.48. The molecule has 0 aliphatic carbocycles. The standard InChI is InChI=1S/C13H22N4O2S2/c1-15-12(11-5-8-21(18,19)9-11)14-17(13(15)20)10-16-6-3-2-4-7-16/h11H,2-10H2,1H3/p+1/t11-/m1/s1. The number of piperidine rings is 1. The molecule has 2 aliphatic rings. The van der Waals surface area contributed by atoms with Crippen LogP contribution in [-0.4, -0.2) is 47.4 Å². The molecule has 3 heterocycles. The van der Waals surface area contributed by atoms with Crippen molar-refractivity contribution in [3.05, 3.63) is 10.6 Å². The molecule has 0 saturated carbocycles. The fourth-order valence-electron chi connectivity index (χ4n) is 3.38. The van der Waals surface area contributed by atoms with Crippen LogP contribution in [0.15, 0.2) is 0 Å². The van der Waals surface area contributed by atoms with Crippen molar-refractivity contribution in [1.29, 1.82) is 0 Å². The molecule has 2 aliphatic heterocycles. The van der Waals surface area contributed by atoms with Crippen molar-refractivity contribution in [2.45, 2.75) is 38.3 Å². The maximum absolute atomic E-state index is 11.7. The highest BCUT2D eigenvalue weighted by Gasteiger charge is 2.32. The average molecular weight is 331 g/mol. The molecular formula is C13H23N4O2S2+. The summed E-state index contributed by atoms with van der Waals surface area (Å²) in [6.07, 6.45) is 4.52. The number of rotatable bonds is 3. The zero-order valence-corrected chi connectivity index (χ0v) is 14.0. The highest BCUT2D eigenvalue weighted by molar-refractivity contribution is 7.91. The molecule has 0 amide bonds. The van der Waals surface area contributed by atoms with Crippen LogP contribution >= 0.6 is 12.2 Å². The molecule has 0 radical (unpaired) electrons. The van der Waals surface area contributed by atoms with Crippen LogP contribution in [0.3, 0.4) is 0 Å². The first-order chi connectivity index (χ1) is 9.96. The molecule has 3 rings (SSSR count). The van der Waals surface area contributed by atoms with Gasteiger partial charge in [-0.25, -0.2) is 8.42 Å². The number of likely N-dealkylation sites (tertiary alicyclic amines) is 1. The van der Waals surface area contributed by atoms with Crippen molar-refractivity contribution >= 4 is 22.1 Å². The van der Waals surface area contributed by atoms with Gasteiger partial charge in [-0.05, 0) is 37.9 Å². The zero-order chi connectivity index (χ0) is 15.0. The second-order valence-electron chi connectivity index (χ2n) is 6.27. The topological polar surface area (TPSA) is 61.3 Å². The van der Waals surface area contributed by atoms with Crippen molar-refractivity contribution in [2.75, 3.05) is 24.6 Å². The molecule has 6 nitrogen and oxygen atoms in total. The number of aromatic nitrogens is 3. The van der Waals surface area contributed by atoms with E-state index in [9.17, 15) is 8.42 Å². The molecule has 1 atom stereocenters.